The summed E-state index contributed by atoms with van der Waals surface area (Å²) < 4.78 is 26.8. The van der Waals surface area contributed by atoms with E-state index in [9.17, 15) is 4.79 Å². The van der Waals surface area contributed by atoms with Gasteiger partial charge in [0.15, 0.2) is 0 Å². The average molecular weight is 280 g/mol. The summed E-state index contributed by atoms with van der Waals surface area (Å²) in [7, 11) is 0. The molecular weight excluding hydrogens is 256 g/mol. The number of ether oxygens (including phenoxy) is 2. The zero-order valence-corrected chi connectivity index (χ0v) is 12.3. The number of nitrogens with zero attached hydrogens (tertiary/aromatic N) is 2. The van der Waals surface area contributed by atoms with E-state index in [1.165, 1.54) is 0 Å². The summed E-state index contributed by atoms with van der Waals surface area (Å²) in [6, 6.07) is 3.75. The van der Waals surface area contributed by atoms with Gasteiger partial charge in [-0.1, -0.05) is 0 Å². The van der Waals surface area contributed by atoms with Crippen LogP contribution in [0.15, 0.2) is 18.3 Å². The van der Waals surface area contributed by atoms with E-state index in [1.54, 1.807) is 27.0 Å². The normalized spacial score (nSPS) is 23.8. The molecule has 1 aliphatic rings. The van der Waals surface area contributed by atoms with Crippen LogP contribution in [0.1, 0.15) is 40.9 Å². The first-order valence-electron chi connectivity index (χ1n) is 7.63. The van der Waals surface area contributed by atoms with Gasteiger partial charge in [0.05, 0.1) is 21.6 Å². The van der Waals surface area contributed by atoms with Crippen molar-refractivity contribution in [2.45, 2.75) is 39.4 Å². The number of pyridine rings is 1. The van der Waals surface area contributed by atoms with Crippen molar-refractivity contribution in [1.29, 1.82) is 0 Å². The van der Waals surface area contributed by atoms with Crippen LogP contribution in [0, 0.1) is 6.92 Å². The number of aryl methyl sites for hydroxylation is 1. The van der Waals surface area contributed by atoms with Gasteiger partial charge in [-0.15, -0.1) is 0 Å². The highest BCUT2D eigenvalue weighted by molar-refractivity contribution is 5.68. The minimum absolute atomic E-state index is 0.0678. The van der Waals surface area contributed by atoms with Gasteiger partial charge in [-0.05, 0) is 45.4 Å². The highest BCUT2D eigenvalue weighted by atomic mass is 16.6. The van der Waals surface area contributed by atoms with Crippen LogP contribution in [0.25, 0.3) is 0 Å². The third kappa shape index (κ3) is 3.93. The Morgan fingerprint density at radius 2 is 2.35 bits per heavy atom. The fourth-order valence-corrected chi connectivity index (χ4v) is 1.87. The van der Waals surface area contributed by atoms with Crippen LogP contribution in [0.5, 0.6) is 0 Å². The number of hydrogen-bond acceptors (Lipinski definition) is 4. The fraction of sp³-hybridized carbons (Fsp3) is 0.600. The molecule has 20 heavy (non-hydrogen) atoms. The molecule has 1 fully saturated rings. The van der Waals surface area contributed by atoms with Gasteiger partial charge in [0.2, 0.25) is 0 Å². The van der Waals surface area contributed by atoms with E-state index in [0.717, 1.165) is 10.5 Å². The number of morpholine rings is 1. The van der Waals surface area contributed by atoms with Gasteiger partial charge < -0.3 is 14.4 Å². The molecule has 1 atom stereocenters. The molecule has 1 aromatic heterocycles. The van der Waals surface area contributed by atoms with Crippen molar-refractivity contribution in [1.82, 2.24) is 9.88 Å². The van der Waals surface area contributed by atoms with E-state index >= 15 is 0 Å². The molecule has 0 aliphatic carbocycles. The Balaban J connectivity index is 2.18. The van der Waals surface area contributed by atoms with Crippen LogP contribution < -0.4 is 0 Å². The molecule has 1 aromatic rings. The fourth-order valence-electron chi connectivity index (χ4n) is 1.87. The van der Waals surface area contributed by atoms with Crippen molar-refractivity contribution in [2.24, 2.45) is 0 Å². The van der Waals surface area contributed by atoms with Gasteiger partial charge in [0, 0.05) is 12.7 Å². The second-order valence-corrected chi connectivity index (χ2v) is 5.81. The van der Waals surface area contributed by atoms with Gasteiger partial charge in [0.1, 0.15) is 11.7 Å². The van der Waals surface area contributed by atoms with Crippen molar-refractivity contribution < 1.29 is 17.0 Å². The summed E-state index contributed by atoms with van der Waals surface area (Å²) in [5.74, 6) is 0. The van der Waals surface area contributed by atoms with E-state index in [-0.39, 0.29) is 13.2 Å². The number of amides is 1. The van der Waals surface area contributed by atoms with Crippen LogP contribution >= 0.6 is 0 Å². The molecule has 0 N–H and O–H groups in total. The third-order valence-corrected chi connectivity index (χ3v) is 2.77. The molecule has 0 spiro atoms. The standard InChI is InChI=1S/C15H22N2O3/c1-11-5-6-16-12(9-11)13-10-17(7-8-19-13)14(18)20-15(2,3)4/h5-6,9,13H,7-8,10H2,1-4H3/t13-/m1/s1/i7D2. The molecule has 2 rings (SSSR count). The zero-order chi connectivity index (χ0) is 16.5. The highest BCUT2D eigenvalue weighted by Gasteiger charge is 2.29. The molecule has 5 nitrogen and oxygen atoms in total. The van der Waals surface area contributed by atoms with Crippen LogP contribution in [0.2, 0.25) is 0 Å². The Kier molecular flexibility index (Phi) is 3.52. The quantitative estimate of drug-likeness (QED) is 0.793. The van der Waals surface area contributed by atoms with E-state index < -0.39 is 24.3 Å². The van der Waals surface area contributed by atoms with E-state index in [0.29, 0.717) is 5.69 Å². The zero-order valence-electron chi connectivity index (χ0n) is 14.3. The molecule has 1 saturated heterocycles. The van der Waals surface area contributed by atoms with Crippen LogP contribution in [-0.2, 0) is 9.47 Å². The molecule has 1 amide bonds. The second kappa shape index (κ2) is 5.79. The Bertz CT molecular complexity index is 558. The molecule has 0 bridgehead atoms. The van der Waals surface area contributed by atoms with Gasteiger partial charge in [-0.3, -0.25) is 4.98 Å². The molecule has 110 valence electrons. The number of aromatic nitrogens is 1. The summed E-state index contributed by atoms with van der Waals surface area (Å²) in [5.41, 5.74) is 1.04. The van der Waals surface area contributed by atoms with Crippen molar-refractivity contribution in [3.63, 3.8) is 0 Å². The molecular formula is C15H22N2O3. The first-order chi connectivity index (χ1) is 10.1. The second-order valence-electron chi connectivity index (χ2n) is 5.81. The summed E-state index contributed by atoms with van der Waals surface area (Å²) in [5, 5.41) is 0. The maximum atomic E-state index is 12.3. The van der Waals surface area contributed by atoms with Crippen molar-refractivity contribution in [3.8, 4) is 0 Å². The number of carbonyl (C=O) groups is 1. The number of rotatable bonds is 1. The van der Waals surface area contributed by atoms with Gasteiger partial charge in [-0.2, -0.15) is 0 Å². The largest absolute Gasteiger partial charge is 0.444 e. The first-order valence-corrected chi connectivity index (χ1v) is 6.63. The maximum Gasteiger partial charge on any atom is 0.410 e. The summed E-state index contributed by atoms with van der Waals surface area (Å²) >= 11 is 0. The van der Waals surface area contributed by atoms with Crippen molar-refractivity contribution >= 4 is 6.09 Å². The Labute approximate surface area is 122 Å². The molecule has 0 radical (unpaired) electrons. The molecule has 2 heterocycles. The van der Waals surface area contributed by atoms with E-state index in [4.69, 9.17) is 12.2 Å². The Hall–Kier alpha value is -1.62. The lowest BCUT2D eigenvalue weighted by atomic mass is 10.1. The Morgan fingerprint density at radius 1 is 1.60 bits per heavy atom. The van der Waals surface area contributed by atoms with Crippen LogP contribution in [0.4, 0.5) is 4.79 Å². The molecule has 0 aromatic carbocycles. The highest BCUT2D eigenvalue weighted by Crippen LogP contribution is 2.22. The molecule has 5 heteroatoms. The molecule has 0 unspecified atom stereocenters. The third-order valence-electron chi connectivity index (χ3n) is 2.77. The summed E-state index contributed by atoms with van der Waals surface area (Å²) in [6.45, 7) is 5.15. The molecule has 1 aliphatic heterocycles. The Morgan fingerprint density at radius 3 is 3.00 bits per heavy atom. The molecule has 0 saturated carbocycles. The minimum Gasteiger partial charge on any atom is -0.444 e. The lowest BCUT2D eigenvalue weighted by Crippen LogP contribution is -2.44. The van der Waals surface area contributed by atoms with E-state index in [2.05, 4.69) is 4.98 Å². The lowest BCUT2D eigenvalue weighted by molar-refractivity contribution is -0.0447. The minimum atomic E-state index is -1.90. The first kappa shape index (κ1) is 12.1. The van der Waals surface area contributed by atoms with Crippen LogP contribution in [0.3, 0.4) is 0 Å². The van der Waals surface area contributed by atoms with Gasteiger partial charge in [-0.25, -0.2) is 4.79 Å². The number of hydrogen-bond donors (Lipinski definition) is 0. The topological polar surface area (TPSA) is 51.7 Å². The summed E-state index contributed by atoms with van der Waals surface area (Å²) in [6.07, 6.45) is 0.532. The van der Waals surface area contributed by atoms with E-state index in [1.807, 2.05) is 19.1 Å². The number of carbonyl (C=O) groups excluding carboxylic acids is 1. The van der Waals surface area contributed by atoms with Gasteiger partial charge >= 0.3 is 6.09 Å². The van der Waals surface area contributed by atoms with Gasteiger partial charge in [0.25, 0.3) is 0 Å². The lowest BCUT2D eigenvalue weighted by Gasteiger charge is -2.34. The van der Waals surface area contributed by atoms with Crippen LogP contribution in [-0.4, -0.2) is 41.2 Å². The average Bonchev–Trinajstić information content (AvgIpc) is 2.36. The van der Waals surface area contributed by atoms with Crippen molar-refractivity contribution in [2.75, 3.05) is 19.6 Å². The monoisotopic (exact) mass is 280 g/mol. The predicted octanol–water partition coefficient (Wildman–Crippen LogP) is 2.70. The summed E-state index contributed by atoms with van der Waals surface area (Å²) in [4.78, 5) is 17.6. The van der Waals surface area contributed by atoms with Crippen molar-refractivity contribution in [3.05, 3.63) is 29.6 Å². The predicted molar refractivity (Wildman–Crippen MR) is 75.5 cm³/mol. The SMILES string of the molecule is [2H]C1([2H])CO[C@@H](c2cc(C)ccn2)CN1C(=O)OC(C)(C)C. The maximum absolute atomic E-state index is 12.3. The smallest absolute Gasteiger partial charge is 0.410 e.